The number of nitrogens with one attached hydrogen (secondary N) is 1. The van der Waals surface area contributed by atoms with Crippen LogP contribution in [0.1, 0.15) is 39.0 Å². The Morgan fingerprint density at radius 1 is 1.69 bits per heavy atom. The number of carbonyl (C=O) groups is 1. The SMILES string of the molecule is CC[C@@H]1C[C@H]1NC(=O)C1=CCCC1. The van der Waals surface area contributed by atoms with Gasteiger partial charge in [0.1, 0.15) is 0 Å². The summed E-state index contributed by atoms with van der Waals surface area (Å²) in [6.07, 6.45) is 7.70. The molecule has 2 nitrogen and oxygen atoms in total. The predicted octanol–water partition coefficient (Wildman–Crippen LogP) is 2.01. The Hall–Kier alpha value is -0.790. The maximum atomic E-state index is 11.6. The van der Waals surface area contributed by atoms with Gasteiger partial charge in [0.25, 0.3) is 0 Å². The summed E-state index contributed by atoms with van der Waals surface area (Å²) in [7, 11) is 0. The minimum atomic E-state index is 0.193. The Kier molecular flexibility index (Phi) is 2.38. The first-order valence-corrected chi connectivity index (χ1v) is 5.31. The minimum Gasteiger partial charge on any atom is -0.349 e. The molecule has 72 valence electrons. The van der Waals surface area contributed by atoms with E-state index in [2.05, 4.69) is 18.3 Å². The molecule has 2 aliphatic rings. The lowest BCUT2D eigenvalue weighted by atomic mass is 10.2. The Labute approximate surface area is 79.4 Å². The summed E-state index contributed by atoms with van der Waals surface area (Å²) < 4.78 is 0. The van der Waals surface area contributed by atoms with Crippen LogP contribution < -0.4 is 5.32 Å². The predicted molar refractivity (Wildman–Crippen MR) is 52.3 cm³/mol. The lowest BCUT2D eigenvalue weighted by Gasteiger charge is -2.03. The third kappa shape index (κ3) is 1.93. The lowest BCUT2D eigenvalue weighted by molar-refractivity contribution is -0.117. The van der Waals surface area contributed by atoms with E-state index < -0.39 is 0 Å². The molecule has 13 heavy (non-hydrogen) atoms. The molecular weight excluding hydrogens is 162 g/mol. The molecule has 0 aromatic heterocycles. The standard InChI is InChI=1S/C11H17NO/c1-2-8-7-10(8)12-11(13)9-5-3-4-6-9/h5,8,10H,2-4,6-7H2,1H3,(H,12,13)/t8-,10-/m1/s1. The second-order valence-electron chi connectivity index (χ2n) is 4.11. The van der Waals surface area contributed by atoms with Crippen LogP contribution in [0.4, 0.5) is 0 Å². The summed E-state index contributed by atoms with van der Waals surface area (Å²) >= 11 is 0. The smallest absolute Gasteiger partial charge is 0.247 e. The van der Waals surface area contributed by atoms with Crippen molar-refractivity contribution in [1.29, 1.82) is 0 Å². The molecule has 2 heteroatoms. The molecule has 0 radical (unpaired) electrons. The van der Waals surface area contributed by atoms with Gasteiger partial charge in [0.2, 0.25) is 5.91 Å². The lowest BCUT2D eigenvalue weighted by Crippen LogP contribution is -2.27. The second-order valence-corrected chi connectivity index (χ2v) is 4.11. The highest BCUT2D eigenvalue weighted by Gasteiger charge is 2.36. The van der Waals surface area contributed by atoms with Crippen molar-refractivity contribution < 1.29 is 4.79 Å². The van der Waals surface area contributed by atoms with Gasteiger partial charge >= 0.3 is 0 Å². The molecule has 0 saturated heterocycles. The first-order valence-electron chi connectivity index (χ1n) is 5.31. The quantitative estimate of drug-likeness (QED) is 0.705. The highest BCUT2D eigenvalue weighted by atomic mass is 16.1. The highest BCUT2D eigenvalue weighted by molar-refractivity contribution is 5.94. The van der Waals surface area contributed by atoms with Crippen molar-refractivity contribution in [3.8, 4) is 0 Å². The van der Waals surface area contributed by atoms with Crippen molar-refractivity contribution in [3.63, 3.8) is 0 Å². The summed E-state index contributed by atoms with van der Waals surface area (Å²) in [6.45, 7) is 2.19. The maximum Gasteiger partial charge on any atom is 0.247 e. The number of amides is 1. The number of hydrogen-bond acceptors (Lipinski definition) is 1. The Morgan fingerprint density at radius 2 is 2.54 bits per heavy atom. The molecule has 0 unspecified atom stereocenters. The third-order valence-electron chi connectivity index (χ3n) is 3.10. The molecule has 1 amide bonds. The van der Waals surface area contributed by atoms with E-state index in [0.717, 1.165) is 30.8 Å². The molecular formula is C11H17NO. The first-order chi connectivity index (χ1) is 6.31. The first kappa shape index (κ1) is 8.79. The molecule has 0 aliphatic heterocycles. The average molecular weight is 179 g/mol. The molecule has 0 bridgehead atoms. The molecule has 1 saturated carbocycles. The fourth-order valence-corrected chi connectivity index (χ4v) is 2.01. The average Bonchev–Trinajstić information content (AvgIpc) is 2.68. The summed E-state index contributed by atoms with van der Waals surface area (Å²) in [5.41, 5.74) is 1.02. The molecule has 1 N–H and O–H groups in total. The van der Waals surface area contributed by atoms with Crippen LogP contribution >= 0.6 is 0 Å². The Bertz CT molecular complexity index is 244. The van der Waals surface area contributed by atoms with Crippen LogP contribution in [0.5, 0.6) is 0 Å². The van der Waals surface area contributed by atoms with Crippen LogP contribution in [0, 0.1) is 5.92 Å². The normalized spacial score (nSPS) is 31.3. The van der Waals surface area contributed by atoms with Crippen molar-refractivity contribution in [2.75, 3.05) is 0 Å². The topological polar surface area (TPSA) is 29.1 Å². The molecule has 0 aromatic carbocycles. The molecule has 0 aromatic rings. The largest absolute Gasteiger partial charge is 0.349 e. The van der Waals surface area contributed by atoms with Gasteiger partial charge in [0.05, 0.1) is 0 Å². The van der Waals surface area contributed by atoms with E-state index in [-0.39, 0.29) is 5.91 Å². The van der Waals surface area contributed by atoms with Crippen LogP contribution in [-0.4, -0.2) is 11.9 Å². The van der Waals surface area contributed by atoms with Crippen molar-refractivity contribution >= 4 is 5.91 Å². The van der Waals surface area contributed by atoms with Gasteiger partial charge in [-0.25, -0.2) is 0 Å². The van der Waals surface area contributed by atoms with Gasteiger partial charge in [-0.1, -0.05) is 19.4 Å². The van der Waals surface area contributed by atoms with E-state index in [1.54, 1.807) is 0 Å². The Morgan fingerprint density at radius 3 is 3.08 bits per heavy atom. The van der Waals surface area contributed by atoms with Gasteiger partial charge < -0.3 is 5.32 Å². The van der Waals surface area contributed by atoms with Crippen molar-refractivity contribution in [3.05, 3.63) is 11.6 Å². The summed E-state index contributed by atoms with van der Waals surface area (Å²) in [5, 5.41) is 3.09. The van der Waals surface area contributed by atoms with Crippen LogP contribution in [0.2, 0.25) is 0 Å². The molecule has 2 atom stereocenters. The summed E-state index contributed by atoms with van der Waals surface area (Å²) in [5.74, 6) is 0.949. The van der Waals surface area contributed by atoms with Crippen molar-refractivity contribution in [2.24, 2.45) is 5.92 Å². The zero-order valence-corrected chi connectivity index (χ0v) is 8.18. The second kappa shape index (κ2) is 3.52. The summed E-state index contributed by atoms with van der Waals surface area (Å²) in [4.78, 5) is 11.6. The van der Waals surface area contributed by atoms with Crippen molar-refractivity contribution in [1.82, 2.24) is 5.32 Å². The maximum absolute atomic E-state index is 11.6. The molecule has 0 heterocycles. The van der Waals surface area contributed by atoms with Gasteiger partial charge in [-0.05, 0) is 31.6 Å². The number of rotatable bonds is 3. The molecule has 2 aliphatic carbocycles. The third-order valence-corrected chi connectivity index (χ3v) is 3.10. The van der Waals surface area contributed by atoms with E-state index in [9.17, 15) is 4.79 Å². The van der Waals surface area contributed by atoms with Crippen LogP contribution in [0.3, 0.4) is 0 Å². The van der Waals surface area contributed by atoms with Crippen LogP contribution in [0.15, 0.2) is 11.6 Å². The van der Waals surface area contributed by atoms with Crippen molar-refractivity contribution in [2.45, 2.75) is 45.1 Å². The minimum absolute atomic E-state index is 0.193. The van der Waals surface area contributed by atoms with Gasteiger partial charge in [0, 0.05) is 11.6 Å². The van der Waals surface area contributed by atoms with Gasteiger partial charge in [-0.2, -0.15) is 0 Å². The molecule has 0 spiro atoms. The fourth-order valence-electron chi connectivity index (χ4n) is 2.01. The van der Waals surface area contributed by atoms with Crippen LogP contribution in [-0.2, 0) is 4.79 Å². The number of allylic oxidation sites excluding steroid dienone is 1. The van der Waals surface area contributed by atoms with Crippen LogP contribution in [0.25, 0.3) is 0 Å². The van der Waals surface area contributed by atoms with Gasteiger partial charge in [-0.15, -0.1) is 0 Å². The fraction of sp³-hybridized carbons (Fsp3) is 0.727. The van der Waals surface area contributed by atoms with E-state index in [0.29, 0.717) is 6.04 Å². The van der Waals surface area contributed by atoms with E-state index in [1.165, 1.54) is 12.8 Å². The molecule has 2 rings (SSSR count). The monoisotopic (exact) mass is 179 g/mol. The Balaban J connectivity index is 1.79. The highest BCUT2D eigenvalue weighted by Crippen LogP contribution is 2.33. The van der Waals surface area contributed by atoms with E-state index in [1.807, 2.05) is 0 Å². The number of carbonyl (C=O) groups excluding carboxylic acids is 1. The van der Waals surface area contributed by atoms with Gasteiger partial charge in [-0.3, -0.25) is 4.79 Å². The zero-order valence-electron chi connectivity index (χ0n) is 8.18. The zero-order chi connectivity index (χ0) is 9.26. The van der Waals surface area contributed by atoms with Gasteiger partial charge in [0.15, 0.2) is 0 Å². The summed E-state index contributed by atoms with van der Waals surface area (Å²) in [6, 6.07) is 0.485. The van der Waals surface area contributed by atoms with E-state index >= 15 is 0 Å². The molecule has 1 fully saturated rings. The van der Waals surface area contributed by atoms with E-state index in [4.69, 9.17) is 0 Å². The number of hydrogen-bond donors (Lipinski definition) is 1.